The largest absolute Gasteiger partial charge is 0.475 e. The Balaban J connectivity index is 1.32. The van der Waals surface area contributed by atoms with Crippen molar-refractivity contribution in [2.75, 3.05) is 22.8 Å². The molecule has 4 heterocycles. The molecule has 4 aromatic rings. The van der Waals surface area contributed by atoms with Crippen molar-refractivity contribution in [3.05, 3.63) is 83.3 Å². The van der Waals surface area contributed by atoms with Gasteiger partial charge in [-0.05, 0) is 74.3 Å². The minimum atomic E-state index is -4.17. The number of sulfonamides is 1. The van der Waals surface area contributed by atoms with Crippen molar-refractivity contribution in [1.29, 1.82) is 0 Å². The lowest BCUT2D eigenvalue weighted by molar-refractivity contribution is 0.0542. The van der Waals surface area contributed by atoms with Crippen LogP contribution in [-0.4, -0.2) is 64.4 Å². The van der Waals surface area contributed by atoms with Gasteiger partial charge in [-0.2, -0.15) is 4.98 Å². The molecule has 268 valence electrons. The van der Waals surface area contributed by atoms with Crippen LogP contribution in [0.2, 0.25) is 0 Å². The summed E-state index contributed by atoms with van der Waals surface area (Å²) in [5.41, 5.74) is 4.35. The van der Waals surface area contributed by atoms with Crippen LogP contribution >= 0.6 is 0 Å². The van der Waals surface area contributed by atoms with Crippen molar-refractivity contribution < 1.29 is 17.9 Å². The van der Waals surface area contributed by atoms with Gasteiger partial charge in [0.05, 0.1) is 41.3 Å². The molecule has 11 nitrogen and oxygen atoms in total. The van der Waals surface area contributed by atoms with Crippen molar-refractivity contribution in [2.24, 2.45) is 11.8 Å². The highest BCUT2D eigenvalue weighted by Crippen LogP contribution is 2.34. The molecule has 0 radical (unpaired) electrons. The number of ether oxygens (including phenoxy) is 1. The summed E-state index contributed by atoms with van der Waals surface area (Å²) in [6, 6.07) is 13.9. The van der Waals surface area contributed by atoms with E-state index in [-0.39, 0.29) is 47.4 Å². The molecule has 2 atom stereocenters. The lowest BCUT2D eigenvalue weighted by Crippen LogP contribution is -2.44. The first kappa shape index (κ1) is 34.9. The Bertz CT molecular complexity index is 1990. The highest BCUT2D eigenvalue weighted by molar-refractivity contribution is 7.92. The maximum Gasteiger partial charge on any atom is 0.264 e. The summed E-state index contributed by atoms with van der Waals surface area (Å²) in [7, 11) is -4.17. The minimum Gasteiger partial charge on any atom is -0.475 e. The molecular weight excluding hydrogens is 663 g/mol. The van der Waals surface area contributed by atoms with Crippen LogP contribution < -0.4 is 14.4 Å². The second kappa shape index (κ2) is 14.6. The van der Waals surface area contributed by atoms with E-state index in [1.54, 1.807) is 24.4 Å². The first-order valence-electron chi connectivity index (χ1n) is 18.2. The molecule has 1 aliphatic carbocycles. The van der Waals surface area contributed by atoms with E-state index in [1.807, 2.05) is 43.1 Å². The Morgan fingerprint density at radius 3 is 2.47 bits per heavy atom. The van der Waals surface area contributed by atoms with Gasteiger partial charge in [0.1, 0.15) is 12.4 Å². The number of benzene rings is 2. The highest BCUT2D eigenvalue weighted by Gasteiger charge is 2.33. The summed E-state index contributed by atoms with van der Waals surface area (Å²) in [4.78, 5) is 37.6. The third-order valence-electron chi connectivity index (χ3n) is 10.6. The number of carbonyl (C=O) groups is 1. The monoisotopic (exact) mass is 709 g/mol. The Morgan fingerprint density at radius 2 is 1.71 bits per heavy atom. The number of anilines is 2. The van der Waals surface area contributed by atoms with Gasteiger partial charge < -0.3 is 14.5 Å². The van der Waals surface area contributed by atoms with Crippen LogP contribution in [0.3, 0.4) is 0 Å². The molecule has 0 spiro atoms. The predicted molar refractivity (Wildman–Crippen MR) is 197 cm³/mol. The summed E-state index contributed by atoms with van der Waals surface area (Å²) in [5.74, 6) is 1.56. The molecule has 51 heavy (non-hydrogen) atoms. The molecule has 2 aliphatic heterocycles. The number of carbonyl (C=O) groups excluding carboxylic acids is 1. The van der Waals surface area contributed by atoms with E-state index < -0.39 is 10.0 Å². The van der Waals surface area contributed by atoms with Crippen molar-refractivity contribution in [1.82, 2.24) is 24.8 Å². The Hall–Kier alpha value is -4.58. The molecule has 2 aromatic carbocycles. The lowest BCUT2D eigenvalue weighted by atomic mass is 9.97. The van der Waals surface area contributed by atoms with E-state index in [1.165, 1.54) is 12.1 Å². The van der Waals surface area contributed by atoms with Crippen molar-refractivity contribution >= 4 is 27.7 Å². The van der Waals surface area contributed by atoms with Gasteiger partial charge in [-0.1, -0.05) is 63.8 Å². The standard InChI is InChI=1S/C39H47N7O4S/c1-25(2)34-16-9-17-45(34)35-22-40-21-30(41-35)23-46-31(18-28-12-5-6-13-28)24-50-36-20-33(37-26(3)10-7-11-27(37)4)42-39(43-36)44-51(48,49)32-15-8-14-29(19-32)38(46)47/h7-8,10-11,14-15,19-22,25,28,31,34H,5-6,9,12-13,16-18,23-24H2,1-4H3,(H,42,43,44)/t31-,34+/m1/s1. The van der Waals surface area contributed by atoms with Gasteiger partial charge in [0.2, 0.25) is 11.8 Å². The SMILES string of the molecule is Cc1cccc(C)c1-c1cc2nc(n1)NS(=O)(=O)c1cccc(c1)C(=O)N(Cc1cncc(N3CCC[C@H]3C(C)C)n1)[C@H](CC1CCCC1)CO2. The van der Waals surface area contributed by atoms with E-state index in [2.05, 4.69) is 38.4 Å². The fraction of sp³-hybridized carbons (Fsp3) is 0.462. The van der Waals surface area contributed by atoms with E-state index >= 15 is 0 Å². The third kappa shape index (κ3) is 7.56. The summed E-state index contributed by atoms with van der Waals surface area (Å²) in [5, 5.41) is 0. The average molecular weight is 710 g/mol. The minimum absolute atomic E-state index is 0.0565. The zero-order valence-electron chi connectivity index (χ0n) is 29.9. The molecule has 1 saturated carbocycles. The zero-order chi connectivity index (χ0) is 35.7. The second-order valence-corrected chi connectivity index (χ2v) is 16.3. The van der Waals surface area contributed by atoms with Crippen LogP contribution in [0.25, 0.3) is 11.3 Å². The normalized spacial score (nSPS) is 20.8. The smallest absolute Gasteiger partial charge is 0.264 e. The van der Waals surface area contributed by atoms with Gasteiger partial charge in [0.15, 0.2) is 0 Å². The number of nitrogens with zero attached hydrogens (tertiary/aromatic N) is 6. The number of aryl methyl sites for hydroxylation is 2. The fourth-order valence-electron chi connectivity index (χ4n) is 8.05. The summed E-state index contributed by atoms with van der Waals surface area (Å²) in [6.45, 7) is 9.73. The molecule has 0 unspecified atom stereocenters. The molecular formula is C39H47N7O4S. The third-order valence-corrected chi connectivity index (χ3v) is 12.0. The summed E-state index contributed by atoms with van der Waals surface area (Å²) < 4.78 is 36.6. The summed E-state index contributed by atoms with van der Waals surface area (Å²) in [6.07, 6.45) is 11.0. The van der Waals surface area contributed by atoms with Gasteiger partial charge in [-0.25, -0.2) is 23.1 Å². The van der Waals surface area contributed by atoms with Crippen molar-refractivity contribution in [2.45, 2.75) is 96.2 Å². The molecule has 1 saturated heterocycles. The molecule has 3 aliphatic rings. The number of amides is 1. The zero-order valence-corrected chi connectivity index (χ0v) is 30.7. The maximum absolute atomic E-state index is 14.7. The van der Waals surface area contributed by atoms with Gasteiger partial charge in [-0.3, -0.25) is 9.78 Å². The number of hydrogen-bond donors (Lipinski definition) is 1. The van der Waals surface area contributed by atoms with Crippen molar-refractivity contribution in [3.8, 4) is 17.1 Å². The molecule has 7 rings (SSSR count). The molecule has 12 heteroatoms. The van der Waals surface area contributed by atoms with Crippen LogP contribution in [0, 0.1) is 25.7 Å². The number of nitrogens with one attached hydrogen (secondary N) is 1. The number of rotatable bonds is 7. The van der Waals surface area contributed by atoms with Gasteiger partial charge in [-0.15, -0.1) is 0 Å². The molecule has 1 amide bonds. The average Bonchev–Trinajstić information content (AvgIpc) is 3.82. The van der Waals surface area contributed by atoms with Crippen LogP contribution in [-0.2, 0) is 16.6 Å². The quantitative estimate of drug-likeness (QED) is 0.216. The highest BCUT2D eigenvalue weighted by atomic mass is 32.2. The Kier molecular flexibility index (Phi) is 9.96. The lowest BCUT2D eigenvalue weighted by Gasteiger charge is -2.34. The van der Waals surface area contributed by atoms with Gasteiger partial charge in [0.25, 0.3) is 15.9 Å². The number of aromatic nitrogens is 4. The Labute approximate surface area is 301 Å². The first-order chi connectivity index (χ1) is 24.6. The summed E-state index contributed by atoms with van der Waals surface area (Å²) >= 11 is 0. The van der Waals surface area contributed by atoms with Crippen molar-refractivity contribution in [3.63, 3.8) is 0 Å². The molecule has 4 bridgehead atoms. The Morgan fingerprint density at radius 1 is 0.941 bits per heavy atom. The van der Waals surface area contributed by atoms with Crippen LogP contribution in [0.15, 0.2) is 65.8 Å². The molecule has 2 aromatic heterocycles. The number of hydrogen-bond acceptors (Lipinski definition) is 9. The van der Waals surface area contributed by atoms with Crippen LogP contribution in [0.5, 0.6) is 5.88 Å². The van der Waals surface area contributed by atoms with Gasteiger partial charge in [0, 0.05) is 29.8 Å². The maximum atomic E-state index is 14.7. The first-order valence-corrected chi connectivity index (χ1v) is 19.6. The second-order valence-electron chi connectivity index (χ2n) is 14.6. The van der Waals surface area contributed by atoms with E-state index in [4.69, 9.17) is 9.72 Å². The molecule has 1 N–H and O–H groups in total. The van der Waals surface area contributed by atoms with E-state index in [0.29, 0.717) is 29.3 Å². The van der Waals surface area contributed by atoms with Gasteiger partial charge >= 0.3 is 0 Å². The topological polar surface area (TPSA) is 131 Å². The van der Waals surface area contributed by atoms with E-state index in [0.717, 1.165) is 74.0 Å². The fourth-order valence-corrected chi connectivity index (χ4v) is 9.04. The number of fused-ring (bicyclic) bond motifs is 4. The van der Waals surface area contributed by atoms with Crippen LogP contribution in [0.4, 0.5) is 11.8 Å². The predicted octanol–water partition coefficient (Wildman–Crippen LogP) is 6.96. The van der Waals surface area contributed by atoms with E-state index in [9.17, 15) is 13.2 Å². The molecule has 2 fully saturated rings. The van der Waals surface area contributed by atoms with Crippen LogP contribution in [0.1, 0.15) is 86.0 Å².